The summed E-state index contributed by atoms with van der Waals surface area (Å²) in [6.45, 7) is 11.7. The minimum absolute atomic E-state index is 0.227. The van der Waals surface area contributed by atoms with Crippen LogP contribution in [0.2, 0.25) is 0 Å². The Bertz CT molecular complexity index is 299. The van der Waals surface area contributed by atoms with E-state index in [4.69, 9.17) is 4.74 Å². The Labute approximate surface area is 129 Å². The molecule has 2 aliphatic rings. The summed E-state index contributed by atoms with van der Waals surface area (Å²) in [5, 5.41) is 3.65. The Kier molecular flexibility index (Phi) is 5.84. The van der Waals surface area contributed by atoms with Crippen molar-refractivity contribution in [3.8, 4) is 0 Å². The summed E-state index contributed by atoms with van der Waals surface area (Å²) in [5.74, 6) is 3.34. The summed E-state index contributed by atoms with van der Waals surface area (Å²) < 4.78 is 6.19. The number of hydrogen-bond acceptors (Lipinski definition) is 3. The Morgan fingerprint density at radius 3 is 2.90 bits per heavy atom. The maximum atomic E-state index is 6.19. The van der Waals surface area contributed by atoms with Gasteiger partial charge in [0.15, 0.2) is 0 Å². The number of rotatable bonds is 6. The smallest absolute Gasteiger partial charge is 0.0783 e. The van der Waals surface area contributed by atoms with Crippen LogP contribution in [0, 0.1) is 11.3 Å². The topological polar surface area (TPSA) is 21.3 Å². The molecule has 0 aromatic carbocycles. The molecule has 0 saturated carbocycles. The molecule has 20 heavy (non-hydrogen) atoms. The Balaban J connectivity index is 1.90. The standard InChI is InChI=1S/C17H33NOS/c1-5-8-18-14(2)11-16(3,4)15-6-9-19-17(12-15)7-10-20-13-17/h14-15,18H,5-13H2,1-4H3. The van der Waals surface area contributed by atoms with Crippen molar-refractivity contribution in [2.45, 2.75) is 71.4 Å². The molecule has 2 fully saturated rings. The third-order valence-electron chi connectivity index (χ3n) is 5.24. The molecule has 0 amide bonds. The highest BCUT2D eigenvalue weighted by Gasteiger charge is 2.44. The van der Waals surface area contributed by atoms with Crippen LogP contribution in [0.4, 0.5) is 0 Å². The first-order valence-corrected chi connectivity index (χ1v) is 9.58. The minimum Gasteiger partial charge on any atom is -0.374 e. The normalized spacial score (nSPS) is 32.7. The van der Waals surface area contributed by atoms with E-state index in [1.165, 1.54) is 43.6 Å². The van der Waals surface area contributed by atoms with Crippen molar-refractivity contribution in [3.05, 3.63) is 0 Å². The molecule has 118 valence electrons. The maximum absolute atomic E-state index is 6.19. The van der Waals surface area contributed by atoms with Gasteiger partial charge in [-0.3, -0.25) is 0 Å². The van der Waals surface area contributed by atoms with E-state index in [2.05, 4.69) is 44.8 Å². The quantitative estimate of drug-likeness (QED) is 0.798. The van der Waals surface area contributed by atoms with Gasteiger partial charge >= 0.3 is 0 Å². The molecule has 3 atom stereocenters. The summed E-state index contributed by atoms with van der Waals surface area (Å²) in [7, 11) is 0. The molecule has 2 nitrogen and oxygen atoms in total. The highest BCUT2D eigenvalue weighted by molar-refractivity contribution is 7.99. The largest absolute Gasteiger partial charge is 0.374 e. The summed E-state index contributed by atoms with van der Waals surface area (Å²) in [6, 6.07) is 0.627. The molecular formula is C17H33NOS. The lowest BCUT2D eigenvalue weighted by atomic mass is 9.67. The fraction of sp³-hybridized carbons (Fsp3) is 1.00. The van der Waals surface area contributed by atoms with Gasteiger partial charge in [0.25, 0.3) is 0 Å². The van der Waals surface area contributed by atoms with Crippen molar-refractivity contribution in [3.63, 3.8) is 0 Å². The molecular weight excluding hydrogens is 266 g/mol. The molecule has 2 saturated heterocycles. The van der Waals surface area contributed by atoms with Gasteiger partial charge in [-0.1, -0.05) is 20.8 Å². The molecule has 3 unspecified atom stereocenters. The van der Waals surface area contributed by atoms with E-state index in [0.29, 0.717) is 11.5 Å². The van der Waals surface area contributed by atoms with Gasteiger partial charge in [-0.25, -0.2) is 0 Å². The van der Waals surface area contributed by atoms with Crippen molar-refractivity contribution in [2.75, 3.05) is 24.7 Å². The van der Waals surface area contributed by atoms with E-state index in [1.807, 2.05) is 0 Å². The van der Waals surface area contributed by atoms with Crippen LogP contribution in [0.3, 0.4) is 0 Å². The highest BCUT2D eigenvalue weighted by atomic mass is 32.2. The van der Waals surface area contributed by atoms with E-state index in [0.717, 1.165) is 19.1 Å². The van der Waals surface area contributed by atoms with Gasteiger partial charge in [0.1, 0.15) is 0 Å². The predicted molar refractivity (Wildman–Crippen MR) is 89.5 cm³/mol. The third kappa shape index (κ3) is 4.14. The first kappa shape index (κ1) is 16.6. The van der Waals surface area contributed by atoms with Gasteiger partial charge in [0.2, 0.25) is 0 Å². The molecule has 1 N–H and O–H groups in total. The van der Waals surface area contributed by atoms with E-state index in [-0.39, 0.29) is 5.60 Å². The lowest BCUT2D eigenvalue weighted by Gasteiger charge is -2.45. The SMILES string of the molecule is CCCNC(C)CC(C)(C)C1CCOC2(CCSC2)C1. The van der Waals surface area contributed by atoms with Gasteiger partial charge in [0.05, 0.1) is 5.60 Å². The van der Waals surface area contributed by atoms with Gasteiger partial charge in [-0.2, -0.15) is 11.8 Å². The van der Waals surface area contributed by atoms with Gasteiger partial charge < -0.3 is 10.1 Å². The van der Waals surface area contributed by atoms with Gasteiger partial charge in [0, 0.05) is 18.4 Å². The second kappa shape index (κ2) is 7.02. The molecule has 1 spiro atoms. The first-order valence-electron chi connectivity index (χ1n) is 8.42. The van der Waals surface area contributed by atoms with Crippen LogP contribution in [0.25, 0.3) is 0 Å². The molecule has 0 bridgehead atoms. The average molecular weight is 300 g/mol. The lowest BCUT2D eigenvalue weighted by Crippen LogP contribution is -2.45. The molecule has 2 rings (SSSR count). The van der Waals surface area contributed by atoms with E-state index >= 15 is 0 Å². The van der Waals surface area contributed by atoms with Crippen molar-refractivity contribution < 1.29 is 4.74 Å². The van der Waals surface area contributed by atoms with Crippen molar-refractivity contribution >= 4 is 11.8 Å². The molecule has 0 aromatic rings. The van der Waals surface area contributed by atoms with Crippen LogP contribution in [0.1, 0.15) is 59.8 Å². The van der Waals surface area contributed by atoms with Crippen LogP contribution >= 0.6 is 11.8 Å². The molecule has 3 heteroatoms. The maximum Gasteiger partial charge on any atom is 0.0783 e. The van der Waals surface area contributed by atoms with Gasteiger partial charge in [-0.15, -0.1) is 0 Å². The van der Waals surface area contributed by atoms with E-state index < -0.39 is 0 Å². The average Bonchev–Trinajstić information content (AvgIpc) is 2.84. The van der Waals surface area contributed by atoms with E-state index in [9.17, 15) is 0 Å². The highest BCUT2D eigenvalue weighted by Crippen LogP contribution is 2.47. The summed E-state index contributed by atoms with van der Waals surface area (Å²) in [5.41, 5.74) is 0.648. The first-order chi connectivity index (χ1) is 9.47. The fourth-order valence-electron chi connectivity index (χ4n) is 3.98. The van der Waals surface area contributed by atoms with Crippen molar-refractivity contribution in [1.29, 1.82) is 0 Å². The monoisotopic (exact) mass is 299 g/mol. The Morgan fingerprint density at radius 2 is 2.25 bits per heavy atom. The number of ether oxygens (including phenoxy) is 1. The fourth-order valence-corrected chi connectivity index (χ4v) is 5.36. The van der Waals surface area contributed by atoms with Gasteiger partial charge in [-0.05, 0) is 62.7 Å². The second-order valence-electron chi connectivity index (χ2n) is 7.57. The molecule has 2 aliphatic heterocycles. The molecule has 2 heterocycles. The van der Waals surface area contributed by atoms with Crippen molar-refractivity contribution in [2.24, 2.45) is 11.3 Å². The summed E-state index contributed by atoms with van der Waals surface area (Å²) >= 11 is 2.08. The zero-order valence-corrected chi connectivity index (χ0v) is 14.7. The van der Waals surface area contributed by atoms with Crippen LogP contribution in [-0.2, 0) is 4.74 Å². The second-order valence-corrected chi connectivity index (χ2v) is 8.68. The lowest BCUT2D eigenvalue weighted by molar-refractivity contribution is -0.102. The molecule has 0 radical (unpaired) electrons. The van der Waals surface area contributed by atoms with Crippen LogP contribution in [-0.4, -0.2) is 36.3 Å². The van der Waals surface area contributed by atoms with Crippen LogP contribution < -0.4 is 5.32 Å². The van der Waals surface area contributed by atoms with Crippen LogP contribution in [0.5, 0.6) is 0 Å². The van der Waals surface area contributed by atoms with E-state index in [1.54, 1.807) is 0 Å². The zero-order chi connectivity index (χ0) is 14.6. The Morgan fingerprint density at radius 1 is 1.45 bits per heavy atom. The zero-order valence-electron chi connectivity index (χ0n) is 13.8. The summed E-state index contributed by atoms with van der Waals surface area (Å²) in [6.07, 6.45) is 6.31. The third-order valence-corrected chi connectivity index (χ3v) is 6.46. The summed E-state index contributed by atoms with van der Waals surface area (Å²) in [4.78, 5) is 0. The molecule has 0 aliphatic carbocycles. The molecule has 0 aromatic heterocycles. The van der Waals surface area contributed by atoms with Crippen molar-refractivity contribution in [1.82, 2.24) is 5.32 Å². The number of thioether (sulfide) groups is 1. The number of hydrogen-bond donors (Lipinski definition) is 1. The number of nitrogens with one attached hydrogen (secondary N) is 1. The predicted octanol–water partition coefficient (Wildman–Crippen LogP) is 4.09. The Hall–Kier alpha value is 0.270. The minimum atomic E-state index is 0.227. The van der Waals surface area contributed by atoms with Crippen LogP contribution in [0.15, 0.2) is 0 Å².